The van der Waals surface area contributed by atoms with Crippen LogP contribution in [0.1, 0.15) is 46.4 Å². The number of piperidine rings is 2. The number of nitrogens with zero attached hydrogens (tertiary/aromatic N) is 3. The molecule has 0 aromatic heterocycles. The summed E-state index contributed by atoms with van der Waals surface area (Å²) in [5.74, 6) is -3.09. The van der Waals surface area contributed by atoms with Crippen molar-refractivity contribution in [2.75, 3.05) is 83.7 Å². The lowest BCUT2D eigenvalue weighted by atomic mass is 10.0. The lowest BCUT2D eigenvalue weighted by Gasteiger charge is -2.36. The summed E-state index contributed by atoms with van der Waals surface area (Å²) < 4.78 is 32.2. The summed E-state index contributed by atoms with van der Waals surface area (Å²) in [4.78, 5) is 54.7. The largest absolute Gasteiger partial charge is 0.378 e. The minimum atomic E-state index is -1.08. The number of fused-ring (bicyclic) bond motifs is 1. The standard InChI is InChI=1S/C28H38FN5O7.ClH/c29-22-17-20-21(28(38)34(27(20)37)23-1-2-25(35)31-26(23)36)18-24(22)33-9-7-32(8-10-33)11-12-39-13-14-40-15-16-41-19-3-5-30-6-4-19;/h17-19,23,30H,1-16H2,(H,31,35,36);1H. The zero-order valence-electron chi connectivity index (χ0n) is 23.6. The molecule has 0 radical (unpaired) electrons. The number of anilines is 1. The van der Waals surface area contributed by atoms with E-state index in [2.05, 4.69) is 15.5 Å². The smallest absolute Gasteiger partial charge is 0.262 e. The summed E-state index contributed by atoms with van der Waals surface area (Å²) in [6.07, 6.45) is 2.51. The molecule has 12 nitrogen and oxygen atoms in total. The van der Waals surface area contributed by atoms with Gasteiger partial charge in [-0.2, -0.15) is 0 Å². The Morgan fingerprint density at radius 1 is 0.833 bits per heavy atom. The van der Waals surface area contributed by atoms with Gasteiger partial charge in [-0.3, -0.25) is 34.3 Å². The molecule has 0 bridgehead atoms. The number of nitrogens with one attached hydrogen (secondary N) is 2. The monoisotopic (exact) mass is 611 g/mol. The van der Waals surface area contributed by atoms with E-state index in [1.807, 2.05) is 4.90 Å². The van der Waals surface area contributed by atoms with Gasteiger partial charge >= 0.3 is 0 Å². The number of carbonyl (C=O) groups excluding carboxylic acids is 4. The van der Waals surface area contributed by atoms with Gasteiger partial charge in [0.2, 0.25) is 11.8 Å². The van der Waals surface area contributed by atoms with E-state index in [1.54, 1.807) is 0 Å². The number of imide groups is 2. The molecule has 0 saturated carbocycles. The van der Waals surface area contributed by atoms with Crippen molar-refractivity contribution < 1.29 is 37.8 Å². The Labute approximate surface area is 250 Å². The highest BCUT2D eigenvalue weighted by atomic mass is 35.5. The van der Waals surface area contributed by atoms with E-state index >= 15 is 4.39 Å². The van der Waals surface area contributed by atoms with Crippen LogP contribution in [0.15, 0.2) is 12.1 Å². The number of halogens is 2. The van der Waals surface area contributed by atoms with Crippen molar-refractivity contribution in [2.24, 2.45) is 0 Å². The predicted octanol–water partition coefficient (Wildman–Crippen LogP) is 0.573. The van der Waals surface area contributed by atoms with E-state index in [-0.39, 0.29) is 42.1 Å². The highest BCUT2D eigenvalue weighted by Crippen LogP contribution is 2.33. The third kappa shape index (κ3) is 7.63. The van der Waals surface area contributed by atoms with Crippen LogP contribution in [0.2, 0.25) is 0 Å². The molecule has 14 heteroatoms. The Morgan fingerprint density at radius 3 is 2.17 bits per heavy atom. The van der Waals surface area contributed by atoms with Crippen LogP contribution in [0.25, 0.3) is 0 Å². The average molecular weight is 612 g/mol. The van der Waals surface area contributed by atoms with Crippen LogP contribution >= 0.6 is 12.4 Å². The lowest BCUT2D eigenvalue weighted by molar-refractivity contribution is -0.136. The van der Waals surface area contributed by atoms with Gasteiger partial charge in [-0.1, -0.05) is 0 Å². The molecule has 4 amide bonds. The summed E-state index contributed by atoms with van der Waals surface area (Å²) in [5, 5.41) is 5.48. The SMILES string of the molecule is Cl.O=C1CCC(N2C(=O)c3cc(F)c(N4CCN(CCOCCOCCOC5CCNCC5)CC4)cc3C2=O)C(=O)N1. The van der Waals surface area contributed by atoms with Crippen molar-refractivity contribution in [3.05, 3.63) is 29.1 Å². The molecule has 5 rings (SSSR count). The van der Waals surface area contributed by atoms with Gasteiger partial charge in [0.05, 0.1) is 56.0 Å². The first kappa shape index (κ1) is 32.2. The third-order valence-electron chi connectivity index (χ3n) is 8.01. The number of rotatable bonds is 12. The van der Waals surface area contributed by atoms with Crippen molar-refractivity contribution in [1.82, 2.24) is 20.4 Å². The molecule has 42 heavy (non-hydrogen) atoms. The van der Waals surface area contributed by atoms with Gasteiger partial charge in [0.15, 0.2) is 0 Å². The Balaban J connectivity index is 0.00000405. The first-order chi connectivity index (χ1) is 19.9. The van der Waals surface area contributed by atoms with Gasteiger partial charge in [0, 0.05) is 39.1 Å². The fraction of sp³-hybridized carbons (Fsp3) is 0.643. The average Bonchev–Trinajstić information content (AvgIpc) is 3.21. The molecule has 2 N–H and O–H groups in total. The van der Waals surface area contributed by atoms with Crippen molar-refractivity contribution in [2.45, 2.75) is 37.8 Å². The van der Waals surface area contributed by atoms with E-state index in [9.17, 15) is 19.2 Å². The topological polar surface area (TPSA) is 130 Å². The van der Waals surface area contributed by atoms with Crippen LogP contribution in [0.4, 0.5) is 10.1 Å². The third-order valence-corrected chi connectivity index (χ3v) is 8.01. The highest BCUT2D eigenvalue weighted by molar-refractivity contribution is 6.23. The number of piperazine rings is 1. The summed E-state index contributed by atoms with van der Waals surface area (Å²) in [6.45, 7) is 8.00. The molecule has 4 aliphatic heterocycles. The van der Waals surface area contributed by atoms with Crippen LogP contribution in [-0.4, -0.2) is 124 Å². The Hall–Kier alpha value is -2.68. The maximum atomic E-state index is 15.1. The van der Waals surface area contributed by atoms with Crippen molar-refractivity contribution in [3.8, 4) is 0 Å². The number of hydrogen-bond donors (Lipinski definition) is 2. The van der Waals surface area contributed by atoms with Gasteiger partial charge in [0.1, 0.15) is 11.9 Å². The minimum absolute atomic E-state index is 0. The fourth-order valence-corrected chi connectivity index (χ4v) is 5.69. The van der Waals surface area contributed by atoms with Crippen LogP contribution < -0.4 is 15.5 Å². The molecule has 0 spiro atoms. The Kier molecular flexibility index (Phi) is 11.6. The quantitative estimate of drug-likeness (QED) is 0.256. The number of carbonyl (C=O) groups is 4. The van der Waals surface area contributed by atoms with Gasteiger partial charge in [-0.05, 0) is 44.5 Å². The number of benzene rings is 1. The minimum Gasteiger partial charge on any atom is -0.378 e. The van der Waals surface area contributed by atoms with Gasteiger partial charge in [-0.25, -0.2) is 4.39 Å². The molecule has 1 unspecified atom stereocenters. The van der Waals surface area contributed by atoms with Crippen LogP contribution in [0.3, 0.4) is 0 Å². The molecule has 3 saturated heterocycles. The van der Waals surface area contributed by atoms with E-state index in [1.165, 1.54) is 6.07 Å². The molecule has 1 aromatic rings. The van der Waals surface area contributed by atoms with Crippen molar-refractivity contribution in [3.63, 3.8) is 0 Å². The molecule has 3 fully saturated rings. The lowest BCUT2D eigenvalue weighted by Crippen LogP contribution is -2.54. The summed E-state index contributed by atoms with van der Waals surface area (Å²) in [5.41, 5.74) is 0.272. The summed E-state index contributed by atoms with van der Waals surface area (Å²) in [7, 11) is 0. The maximum Gasteiger partial charge on any atom is 0.262 e. The Morgan fingerprint density at radius 2 is 1.48 bits per heavy atom. The second-order valence-corrected chi connectivity index (χ2v) is 10.7. The molecule has 4 aliphatic rings. The van der Waals surface area contributed by atoms with Crippen molar-refractivity contribution in [1.29, 1.82) is 0 Å². The summed E-state index contributed by atoms with van der Waals surface area (Å²) in [6, 6.07) is 1.41. The zero-order chi connectivity index (χ0) is 28.8. The number of ether oxygens (including phenoxy) is 3. The van der Waals surface area contributed by atoms with E-state index in [4.69, 9.17) is 14.2 Å². The molecule has 1 atom stereocenters. The normalized spacial score (nSPS) is 21.9. The number of hydrogen-bond acceptors (Lipinski definition) is 10. The second-order valence-electron chi connectivity index (χ2n) is 10.7. The van der Waals surface area contributed by atoms with Crippen molar-refractivity contribution >= 4 is 41.7 Å². The van der Waals surface area contributed by atoms with E-state index in [0.29, 0.717) is 65.3 Å². The number of amides is 4. The van der Waals surface area contributed by atoms with E-state index < -0.39 is 35.5 Å². The molecule has 4 heterocycles. The highest BCUT2D eigenvalue weighted by Gasteiger charge is 2.45. The van der Waals surface area contributed by atoms with Crippen LogP contribution in [-0.2, 0) is 23.8 Å². The van der Waals surface area contributed by atoms with E-state index in [0.717, 1.165) is 43.4 Å². The Bertz CT molecular complexity index is 1140. The van der Waals surface area contributed by atoms with Gasteiger partial charge in [-0.15, -0.1) is 12.4 Å². The fourth-order valence-electron chi connectivity index (χ4n) is 5.69. The molecule has 0 aliphatic carbocycles. The van der Waals surface area contributed by atoms with Crippen LogP contribution in [0, 0.1) is 5.82 Å². The summed E-state index contributed by atoms with van der Waals surface area (Å²) >= 11 is 0. The van der Waals surface area contributed by atoms with Crippen LogP contribution in [0.5, 0.6) is 0 Å². The zero-order valence-corrected chi connectivity index (χ0v) is 24.4. The van der Waals surface area contributed by atoms with Gasteiger partial charge in [0.25, 0.3) is 11.8 Å². The predicted molar refractivity (Wildman–Crippen MR) is 152 cm³/mol. The molecular formula is C28H39ClFN5O7. The first-order valence-corrected chi connectivity index (χ1v) is 14.4. The second kappa shape index (κ2) is 15.2. The first-order valence-electron chi connectivity index (χ1n) is 14.4. The molecule has 232 valence electrons. The molecule has 1 aromatic carbocycles. The maximum absolute atomic E-state index is 15.1. The molecular weight excluding hydrogens is 573 g/mol. The van der Waals surface area contributed by atoms with Gasteiger partial charge < -0.3 is 24.4 Å².